The number of nitrogens with zero attached hydrogens (tertiary/aromatic N) is 1. The van der Waals surface area contributed by atoms with Gasteiger partial charge in [-0.05, 0) is 27.3 Å². The van der Waals surface area contributed by atoms with Crippen LogP contribution in [0.15, 0.2) is 0 Å². The zero-order valence-electron chi connectivity index (χ0n) is 11.3. The first-order valence-electron chi connectivity index (χ1n) is 6.16. The summed E-state index contributed by atoms with van der Waals surface area (Å²) in [5.41, 5.74) is 0. The average Bonchev–Trinajstić information content (AvgIpc) is 2.28. The first-order valence-corrected chi connectivity index (χ1v) is 6.16. The molecule has 1 unspecified atom stereocenters. The Labute approximate surface area is 103 Å². The molecule has 0 aromatic rings. The van der Waals surface area contributed by atoms with Crippen molar-refractivity contribution in [3.05, 3.63) is 0 Å². The quantitative estimate of drug-likeness (QED) is 0.506. The highest BCUT2D eigenvalue weighted by Crippen LogP contribution is 1.98. The van der Waals surface area contributed by atoms with Crippen LogP contribution in [0.25, 0.3) is 0 Å². The number of esters is 1. The van der Waals surface area contributed by atoms with E-state index in [4.69, 9.17) is 4.74 Å². The van der Waals surface area contributed by atoms with Crippen molar-refractivity contribution in [1.82, 2.24) is 10.2 Å². The highest BCUT2D eigenvalue weighted by molar-refractivity contribution is 5.80. The molecule has 0 aromatic carbocycles. The third-order valence-electron chi connectivity index (χ3n) is 2.53. The summed E-state index contributed by atoms with van der Waals surface area (Å²) < 4.78 is 4.89. The molecule has 0 aliphatic rings. The molecule has 0 saturated carbocycles. The number of hydrogen-bond donors (Lipinski definition) is 1. The van der Waals surface area contributed by atoms with Gasteiger partial charge in [-0.3, -0.25) is 14.5 Å². The first kappa shape index (κ1) is 15.9. The van der Waals surface area contributed by atoms with Crippen LogP contribution in [0.4, 0.5) is 0 Å². The van der Waals surface area contributed by atoms with E-state index in [9.17, 15) is 9.59 Å². The summed E-state index contributed by atoms with van der Waals surface area (Å²) >= 11 is 0. The summed E-state index contributed by atoms with van der Waals surface area (Å²) in [6.45, 7) is 6.83. The minimum absolute atomic E-state index is 0.0582. The normalized spacial score (nSPS) is 12.3. The fraction of sp³-hybridized carbons (Fsp3) is 0.833. The van der Waals surface area contributed by atoms with Gasteiger partial charge in [0.25, 0.3) is 0 Å². The second-order valence-electron chi connectivity index (χ2n) is 4.05. The Morgan fingerprint density at radius 1 is 1.35 bits per heavy atom. The van der Waals surface area contributed by atoms with Gasteiger partial charge in [0.05, 0.1) is 13.2 Å². The van der Waals surface area contributed by atoms with Crippen LogP contribution in [-0.4, -0.2) is 49.6 Å². The molecule has 1 N–H and O–H groups in total. The molecule has 5 nitrogen and oxygen atoms in total. The van der Waals surface area contributed by atoms with Crippen molar-refractivity contribution in [2.45, 2.75) is 39.7 Å². The Bertz CT molecular complexity index is 244. The van der Waals surface area contributed by atoms with E-state index in [0.29, 0.717) is 13.2 Å². The molecule has 0 radical (unpaired) electrons. The molecule has 0 aliphatic heterocycles. The van der Waals surface area contributed by atoms with Gasteiger partial charge in [-0.25, -0.2) is 0 Å². The highest BCUT2D eigenvalue weighted by Gasteiger charge is 2.20. The van der Waals surface area contributed by atoms with Gasteiger partial charge in [0.15, 0.2) is 0 Å². The van der Waals surface area contributed by atoms with Gasteiger partial charge >= 0.3 is 5.97 Å². The number of rotatable bonds is 8. The summed E-state index contributed by atoms with van der Waals surface area (Å²) in [6.07, 6.45) is 2.03. The smallest absolute Gasteiger partial charge is 0.323 e. The molecular formula is C12H24N2O3. The first-order chi connectivity index (χ1) is 8.02. The second kappa shape index (κ2) is 8.98. The van der Waals surface area contributed by atoms with Gasteiger partial charge < -0.3 is 10.1 Å². The average molecular weight is 244 g/mol. The van der Waals surface area contributed by atoms with Crippen molar-refractivity contribution in [2.24, 2.45) is 0 Å². The van der Waals surface area contributed by atoms with E-state index in [-0.39, 0.29) is 18.4 Å². The van der Waals surface area contributed by atoms with E-state index < -0.39 is 6.04 Å². The summed E-state index contributed by atoms with van der Waals surface area (Å²) in [4.78, 5) is 24.6. The van der Waals surface area contributed by atoms with Crippen molar-refractivity contribution < 1.29 is 14.3 Å². The van der Waals surface area contributed by atoms with Crippen LogP contribution in [-0.2, 0) is 14.3 Å². The third kappa shape index (κ3) is 6.94. The van der Waals surface area contributed by atoms with E-state index >= 15 is 0 Å². The molecule has 0 rings (SSSR count). The molecular weight excluding hydrogens is 220 g/mol. The Morgan fingerprint density at radius 3 is 2.53 bits per heavy atom. The number of carbonyl (C=O) groups excluding carboxylic acids is 2. The van der Waals surface area contributed by atoms with Gasteiger partial charge in [0, 0.05) is 6.54 Å². The van der Waals surface area contributed by atoms with Crippen molar-refractivity contribution in [3.8, 4) is 0 Å². The SMILES string of the molecule is CCCCNC(=O)CN(C)C(C)C(=O)OCC. The fourth-order valence-corrected chi connectivity index (χ4v) is 1.27. The monoisotopic (exact) mass is 244 g/mol. The predicted molar refractivity (Wildman–Crippen MR) is 66.6 cm³/mol. The lowest BCUT2D eigenvalue weighted by Gasteiger charge is -2.22. The van der Waals surface area contributed by atoms with Crippen molar-refractivity contribution in [3.63, 3.8) is 0 Å². The zero-order chi connectivity index (χ0) is 13.3. The molecule has 1 amide bonds. The van der Waals surface area contributed by atoms with Gasteiger partial charge in [0.1, 0.15) is 6.04 Å². The van der Waals surface area contributed by atoms with E-state index in [1.807, 2.05) is 0 Å². The van der Waals surface area contributed by atoms with Crippen LogP contribution in [0, 0.1) is 0 Å². The van der Waals surface area contributed by atoms with Crippen LogP contribution < -0.4 is 5.32 Å². The summed E-state index contributed by atoms with van der Waals surface area (Å²) in [7, 11) is 1.74. The van der Waals surface area contributed by atoms with Crippen LogP contribution in [0.2, 0.25) is 0 Å². The highest BCUT2D eigenvalue weighted by atomic mass is 16.5. The Kier molecular flexibility index (Phi) is 8.40. The zero-order valence-corrected chi connectivity index (χ0v) is 11.3. The number of unbranched alkanes of at least 4 members (excludes halogenated alkanes) is 1. The molecule has 0 heterocycles. The summed E-state index contributed by atoms with van der Waals surface area (Å²) in [5, 5.41) is 2.81. The number of nitrogens with one attached hydrogen (secondary N) is 1. The maximum absolute atomic E-state index is 11.5. The van der Waals surface area contributed by atoms with Crippen LogP contribution in [0.3, 0.4) is 0 Å². The van der Waals surface area contributed by atoms with E-state index in [1.165, 1.54) is 0 Å². The largest absolute Gasteiger partial charge is 0.465 e. The minimum atomic E-state index is -0.396. The standard InChI is InChI=1S/C12H24N2O3/c1-5-7-8-13-11(15)9-14(4)10(3)12(16)17-6-2/h10H,5-9H2,1-4H3,(H,13,15). The van der Waals surface area contributed by atoms with Crippen molar-refractivity contribution in [2.75, 3.05) is 26.7 Å². The number of likely N-dealkylation sites (N-methyl/N-ethyl adjacent to an activating group) is 1. The Hall–Kier alpha value is -1.10. The van der Waals surface area contributed by atoms with Crippen LogP contribution >= 0.6 is 0 Å². The lowest BCUT2D eigenvalue weighted by Crippen LogP contribution is -2.43. The lowest BCUT2D eigenvalue weighted by atomic mass is 10.3. The van der Waals surface area contributed by atoms with E-state index in [0.717, 1.165) is 12.8 Å². The van der Waals surface area contributed by atoms with Gasteiger partial charge in [0.2, 0.25) is 5.91 Å². The summed E-state index contributed by atoms with van der Waals surface area (Å²) in [5.74, 6) is -0.353. The fourth-order valence-electron chi connectivity index (χ4n) is 1.27. The number of amides is 1. The van der Waals surface area contributed by atoms with Gasteiger partial charge in [-0.1, -0.05) is 13.3 Å². The molecule has 17 heavy (non-hydrogen) atoms. The van der Waals surface area contributed by atoms with Crippen molar-refractivity contribution in [1.29, 1.82) is 0 Å². The number of hydrogen-bond acceptors (Lipinski definition) is 4. The molecule has 1 atom stereocenters. The molecule has 0 spiro atoms. The Morgan fingerprint density at radius 2 is 2.00 bits per heavy atom. The lowest BCUT2D eigenvalue weighted by molar-refractivity contribution is -0.148. The third-order valence-corrected chi connectivity index (χ3v) is 2.53. The molecule has 100 valence electrons. The Balaban J connectivity index is 3.93. The molecule has 0 bridgehead atoms. The van der Waals surface area contributed by atoms with E-state index in [1.54, 1.807) is 25.8 Å². The van der Waals surface area contributed by atoms with Crippen LogP contribution in [0.1, 0.15) is 33.6 Å². The van der Waals surface area contributed by atoms with E-state index in [2.05, 4.69) is 12.2 Å². The molecule has 0 aliphatic carbocycles. The molecule has 5 heteroatoms. The molecule has 0 fully saturated rings. The number of ether oxygens (including phenoxy) is 1. The molecule has 0 saturated heterocycles. The maximum Gasteiger partial charge on any atom is 0.323 e. The summed E-state index contributed by atoms with van der Waals surface area (Å²) in [6, 6.07) is -0.396. The molecule has 0 aromatic heterocycles. The predicted octanol–water partition coefficient (Wildman–Crippen LogP) is 0.786. The van der Waals surface area contributed by atoms with Crippen molar-refractivity contribution >= 4 is 11.9 Å². The van der Waals surface area contributed by atoms with Gasteiger partial charge in [-0.2, -0.15) is 0 Å². The minimum Gasteiger partial charge on any atom is -0.465 e. The number of carbonyl (C=O) groups is 2. The maximum atomic E-state index is 11.5. The topological polar surface area (TPSA) is 58.6 Å². The van der Waals surface area contributed by atoms with Crippen LogP contribution in [0.5, 0.6) is 0 Å². The van der Waals surface area contributed by atoms with Gasteiger partial charge in [-0.15, -0.1) is 0 Å². The second-order valence-corrected chi connectivity index (χ2v) is 4.05.